The molecule has 4 nitrogen and oxygen atoms in total. The Hall–Kier alpha value is -1.84. The number of carbonyl (C=O) groups excluding carboxylic acids is 1. The molecule has 17 heavy (non-hydrogen) atoms. The molecule has 0 spiro atoms. The smallest absolute Gasteiger partial charge is 0.312 e. The average molecular weight is 235 g/mol. The van der Waals surface area contributed by atoms with Crippen molar-refractivity contribution in [3.05, 3.63) is 34.4 Å². The van der Waals surface area contributed by atoms with Crippen molar-refractivity contribution in [2.45, 2.75) is 33.7 Å². The fraction of sp³-hybridized carbons (Fsp3) is 0.385. The van der Waals surface area contributed by atoms with E-state index in [2.05, 4.69) is 11.4 Å². The lowest BCUT2D eigenvalue weighted by Crippen LogP contribution is -2.25. The van der Waals surface area contributed by atoms with Crippen LogP contribution in [0.4, 0.5) is 0 Å². The maximum absolute atomic E-state index is 11.2. The zero-order valence-electron chi connectivity index (χ0n) is 10.3. The largest absolute Gasteiger partial charge is 0.481 e. The van der Waals surface area contributed by atoms with Crippen molar-refractivity contribution in [3.8, 4) is 0 Å². The van der Waals surface area contributed by atoms with E-state index in [4.69, 9.17) is 5.11 Å². The number of amides is 1. The first kappa shape index (κ1) is 13.2. The summed E-state index contributed by atoms with van der Waals surface area (Å²) in [5.74, 6) is -1.57. The summed E-state index contributed by atoms with van der Waals surface area (Å²) in [5.41, 5.74) is 4.50. The van der Waals surface area contributed by atoms with Crippen LogP contribution in [0.5, 0.6) is 0 Å². The van der Waals surface area contributed by atoms with Gasteiger partial charge < -0.3 is 10.4 Å². The van der Waals surface area contributed by atoms with Crippen LogP contribution in [0.25, 0.3) is 0 Å². The SMILES string of the molecule is Cc1cc(C)c(CNC(=O)CC(=O)O)cc1C. The van der Waals surface area contributed by atoms with Crippen molar-refractivity contribution in [1.29, 1.82) is 0 Å². The highest BCUT2D eigenvalue weighted by atomic mass is 16.4. The number of aryl methyl sites for hydroxylation is 3. The van der Waals surface area contributed by atoms with Crippen LogP contribution < -0.4 is 5.32 Å². The molecule has 0 bridgehead atoms. The monoisotopic (exact) mass is 235 g/mol. The highest BCUT2D eigenvalue weighted by Gasteiger charge is 2.08. The van der Waals surface area contributed by atoms with Crippen LogP contribution in [-0.4, -0.2) is 17.0 Å². The molecule has 0 heterocycles. The lowest BCUT2D eigenvalue weighted by Gasteiger charge is -2.10. The van der Waals surface area contributed by atoms with Crippen LogP contribution in [0.1, 0.15) is 28.7 Å². The van der Waals surface area contributed by atoms with Gasteiger partial charge in [-0.05, 0) is 43.0 Å². The summed E-state index contributed by atoms with van der Waals surface area (Å²) < 4.78 is 0. The summed E-state index contributed by atoms with van der Waals surface area (Å²) in [6, 6.07) is 4.08. The Morgan fingerprint density at radius 3 is 2.29 bits per heavy atom. The highest BCUT2D eigenvalue weighted by molar-refractivity contribution is 5.93. The zero-order valence-corrected chi connectivity index (χ0v) is 10.3. The van der Waals surface area contributed by atoms with Gasteiger partial charge in [0.2, 0.25) is 5.91 Å². The first-order chi connectivity index (χ1) is 7.90. The minimum atomic E-state index is -1.11. The molecule has 92 valence electrons. The van der Waals surface area contributed by atoms with Gasteiger partial charge in [0.05, 0.1) is 0 Å². The zero-order chi connectivity index (χ0) is 13.0. The molecule has 2 N–H and O–H groups in total. The van der Waals surface area contributed by atoms with Crippen LogP contribution in [0.3, 0.4) is 0 Å². The van der Waals surface area contributed by atoms with Crippen LogP contribution in [0.15, 0.2) is 12.1 Å². The fourth-order valence-corrected chi connectivity index (χ4v) is 1.60. The molecule has 0 aliphatic carbocycles. The van der Waals surface area contributed by atoms with Crippen molar-refractivity contribution >= 4 is 11.9 Å². The Bertz CT molecular complexity index is 452. The van der Waals surface area contributed by atoms with E-state index in [1.165, 1.54) is 5.56 Å². The summed E-state index contributed by atoms with van der Waals surface area (Å²) in [6.45, 7) is 6.40. The Labute approximate surface area is 101 Å². The van der Waals surface area contributed by atoms with Crippen LogP contribution in [0, 0.1) is 20.8 Å². The lowest BCUT2D eigenvalue weighted by atomic mass is 10.0. The first-order valence-electron chi connectivity index (χ1n) is 5.45. The minimum Gasteiger partial charge on any atom is -0.481 e. The topological polar surface area (TPSA) is 66.4 Å². The first-order valence-corrected chi connectivity index (χ1v) is 5.45. The number of nitrogens with one attached hydrogen (secondary N) is 1. The maximum Gasteiger partial charge on any atom is 0.312 e. The Morgan fingerprint density at radius 1 is 1.12 bits per heavy atom. The second-order valence-corrected chi connectivity index (χ2v) is 4.21. The van der Waals surface area contributed by atoms with Crippen LogP contribution in [0.2, 0.25) is 0 Å². The van der Waals surface area contributed by atoms with Gasteiger partial charge in [0, 0.05) is 6.54 Å². The third-order valence-corrected chi connectivity index (χ3v) is 2.74. The summed E-state index contributed by atoms with van der Waals surface area (Å²) in [6.07, 6.45) is -0.482. The molecule has 1 aromatic rings. The Kier molecular flexibility index (Phi) is 4.26. The van der Waals surface area contributed by atoms with Gasteiger partial charge in [0.15, 0.2) is 0 Å². The molecule has 0 aromatic heterocycles. The number of carboxylic acid groups (broad SMARTS) is 1. The predicted molar refractivity (Wildman–Crippen MR) is 64.8 cm³/mol. The normalized spacial score (nSPS) is 10.1. The van der Waals surface area contributed by atoms with Gasteiger partial charge >= 0.3 is 5.97 Å². The van der Waals surface area contributed by atoms with E-state index in [0.717, 1.165) is 16.7 Å². The molecule has 0 saturated heterocycles. The molecule has 1 aromatic carbocycles. The van der Waals surface area contributed by atoms with Gasteiger partial charge in [0.25, 0.3) is 0 Å². The molecule has 0 aliphatic heterocycles. The summed E-state index contributed by atoms with van der Waals surface area (Å²) in [7, 11) is 0. The third-order valence-electron chi connectivity index (χ3n) is 2.74. The standard InChI is InChI=1S/C13H17NO3/c1-8-4-10(3)11(5-9(8)2)7-14-12(15)6-13(16)17/h4-5H,6-7H2,1-3H3,(H,14,15)(H,16,17). The van der Waals surface area contributed by atoms with Crippen molar-refractivity contribution in [2.75, 3.05) is 0 Å². The Balaban J connectivity index is 2.66. The number of aliphatic carboxylic acids is 1. The second kappa shape index (κ2) is 5.48. The number of carboxylic acids is 1. The minimum absolute atomic E-state index is 0.374. The molecular weight excluding hydrogens is 218 g/mol. The van der Waals surface area contributed by atoms with Crippen LogP contribution in [-0.2, 0) is 16.1 Å². The van der Waals surface area contributed by atoms with E-state index < -0.39 is 18.3 Å². The summed E-state index contributed by atoms with van der Waals surface area (Å²) in [5, 5.41) is 11.1. The van der Waals surface area contributed by atoms with E-state index in [0.29, 0.717) is 6.54 Å². The molecule has 0 atom stereocenters. The maximum atomic E-state index is 11.2. The van der Waals surface area contributed by atoms with Gasteiger partial charge in [-0.1, -0.05) is 12.1 Å². The number of hydrogen-bond acceptors (Lipinski definition) is 2. The van der Waals surface area contributed by atoms with Gasteiger partial charge in [-0.2, -0.15) is 0 Å². The molecule has 0 saturated carbocycles. The molecular formula is C13H17NO3. The third kappa shape index (κ3) is 3.90. The molecule has 1 rings (SSSR count). The van der Waals surface area contributed by atoms with Crippen molar-refractivity contribution in [3.63, 3.8) is 0 Å². The van der Waals surface area contributed by atoms with E-state index >= 15 is 0 Å². The van der Waals surface area contributed by atoms with E-state index in [1.54, 1.807) is 0 Å². The van der Waals surface area contributed by atoms with E-state index in [-0.39, 0.29) is 0 Å². The highest BCUT2D eigenvalue weighted by Crippen LogP contribution is 2.15. The second-order valence-electron chi connectivity index (χ2n) is 4.21. The molecule has 0 fully saturated rings. The number of benzene rings is 1. The molecule has 0 unspecified atom stereocenters. The van der Waals surface area contributed by atoms with Crippen molar-refractivity contribution < 1.29 is 14.7 Å². The number of carbonyl (C=O) groups is 2. The summed E-state index contributed by atoms with van der Waals surface area (Å²) >= 11 is 0. The molecule has 0 aliphatic rings. The van der Waals surface area contributed by atoms with E-state index in [9.17, 15) is 9.59 Å². The van der Waals surface area contributed by atoms with Crippen LogP contribution >= 0.6 is 0 Å². The van der Waals surface area contributed by atoms with E-state index in [1.807, 2.05) is 26.8 Å². The van der Waals surface area contributed by atoms with Gasteiger partial charge in [0.1, 0.15) is 6.42 Å². The van der Waals surface area contributed by atoms with Crippen molar-refractivity contribution in [2.24, 2.45) is 0 Å². The predicted octanol–water partition coefficient (Wildman–Crippen LogP) is 1.70. The molecule has 4 heteroatoms. The number of hydrogen-bond donors (Lipinski definition) is 2. The average Bonchev–Trinajstić information content (AvgIpc) is 2.20. The summed E-state index contributed by atoms with van der Waals surface area (Å²) in [4.78, 5) is 21.5. The fourth-order valence-electron chi connectivity index (χ4n) is 1.60. The van der Waals surface area contributed by atoms with Gasteiger partial charge in [-0.15, -0.1) is 0 Å². The molecule has 0 radical (unpaired) electrons. The van der Waals surface area contributed by atoms with Gasteiger partial charge in [-0.3, -0.25) is 9.59 Å². The van der Waals surface area contributed by atoms with Crippen molar-refractivity contribution in [1.82, 2.24) is 5.32 Å². The Morgan fingerprint density at radius 2 is 1.71 bits per heavy atom. The molecule has 1 amide bonds. The lowest BCUT2D eigenvalue weighted by molar-refractivity contribution is -0.140. The quantitative estimate of drug-likeness (QED) is 0.781. The number of rotatable bonds is 4. The van der Waals surface area contributed by atoms with Gasteiger partial charge in [-0.25, -0.2) is 0 Å².